The second kappa shape index (κ2) is 18.8. The first kappa shape index (κ1) is 42.5. The number of anilines is 9. The first-order valence-electron chi connectivity index (χ1n) is 19.2. The fourth-order valence-electron chi connectivity index (χ4n) is 6.35. The number of para-hydroxylation sites is 4. The Morgan fingerprint density at radius 1 is 0.422 bits per heavy atom. The lowest BCUT2D eigenvalue weighted by atomic mass is 9.96. The van der Waals surface area contributed by atoms with Crippen molar-refractivity contribution >= 4 is 84.4 Å². The van der Waals surface area contributed by atoms with E-state index in [1.807, 2.05) is 72.8 Å². The molecule has 0 aliphatic rings. The smallest absolute Gasteiger partial charge is 0.295 e. The van der Waals surface area contributed by atoms with E-state index >= 15 is 0 Å². The van der Waals surface area contributed by atoms with Crippen LogP contribution in [0.4, 0.5) is 58.4 Å². The third kappa shape index (κ3) is 10.8. The van der Waals surface area contributed by atoms with Crippen LogP contribution in [0.1, 0.15) is 17.2 Å². The fourth-order valence-corrected chi connectivity index (χ4v) is 7.78. The van der Waals surface area contributed by atoms with Gasteiger partial charge in [0.15, 0.2) is 0 Å². The zero-order chi connectivity index (χ0) is 44.5. The number of rotatable bonds is 16. The molecular weight excluding hydrogens is 857 g/mol. The average Bonchev–Trinajstić information content (AvgIpc) is 3.28. The van der Waals surface area contributed by atoms with E-state index in [9.17, 15) is 25.9 Å². The highest BCUT2D eigenvalue weighted by molar-refractivity contribution is 7.86. The zero-order valence-electron chi connectivity index (χ0n) is 33.2. The summed E-state index contributed by atoms with van der Waals surface area (Å²) in [5, 5.41) is 15.7. The summed E-state index contributed by atoms with van der Waals surface area (Å²) < 4.78 is 73.8. The van der Waals surface area contributed by atoms with Gasteiger partial charge in [0.2, 0.25) is 29.7 Å². The molecule has 64 heavy (non-hydrogen) atoms. The minimum absolute atomic E-state index is 0.0226. The number of aromatic nitrogens is 6. The monoisotopic (exact) mass is 892 g/mol. The van der Waals surface area contributed by atoms with Gasteiger partial charge < -0.3 is 26.6 Å². The highest BCUT2D eigenvalue weighted by Gasteiger charge is 2.32. The van der Waals surface area contributed by atoms with E-state index in [2.05, 4.69) is 56.5 Å². The molecule has 18 nitrogen and oxygen atoms in total. The first-order valence-corrected chi connectivity index (χ1v) is 22.1. The quantitative estimate of drug-likeness (QED) is 0.0354. The number of hydrogen-bond donors (Lipinski definition) is 7. The first-order chi connectivity index (χ1) is 30.9. The second-order valence-corrected chi connectivity index (χ2v) is 16.4. The van der Waals surface area contributed by atoms with Gasteiger partial charge >= 0.3 is 0 Å². The van der Waals surface area contributed by atoms with E-state index in [0.717, 1.165) is 12.1 Å². The van der Waals surface area contributed by atoms with Crippen LogP contribution < -0.4 is 26.6 Å². The summed E-state index contributed by atoms with van der Waals surface area (Å²) in [4.78, 5) is 31.2. The summed E-state index contributed by atoms with van der Waals surface area (Å²) in [6.07, 6.45) is 0. The van der Waals surface area contributed by atoms with Crippen molar-refractivity contribution in [2.45, 2.75) is 15.8 Å². The Labute approximate surface area is 367 Å². The van der Waals surface area contributed by atoms with Gasteiger partial charge in [0, 0.05) is 33.9 Å². The molecule has 1 unspecified atom stereocenters. The fraction of sp³-hybridized carbons (Fsp3) is 0.0227. The van der Waals surface area contributed by atoms with Crippen molar-refractivity contribution in [1.82, 2.24) is 29.9 Å². The largest absolute Gasteiger partial charge is 0.341 e. The van der Waals surface area contributed by atoms with Crippen LogP contribution in [-0.4, -0.2) is 61.6 Å². The Bertz CT molecular complexity index is 3040. The summed E-state index contributed by atoms with van der Waals surface area (Å²) in [7, 11) is -9.97. The molecule has 0 aliphatic carbocycles. The highest BCUT2D eigenvalue weighted by Crippen LogP contribution is 2.33. The van der Waals surface area contributed by atoms with Gasteiger partial charge in [0.1, 0.15) is 4.90 Å². The molecule has 8 aromatic rings. The maximum Gasteiger partial charge on any atom is 0.295 e. The van der Waals surface area contributed by atoms with E-state index in [-0.39, 0.29) is 52.5 Å². The van der Waals surface area contributed by atoms with E-state index in [4.69, 9.17) is 4.99 Å². The van der Waals surface area contributed by atoms with E-state index in [1.165, 1.54) is 36.4 Å². The molecule has 6 aromatic carbocycles. The van der Waals surface area contributed by atoms with Crippen molar-refractivity contribution in [3.63, 3.8) is 0 Å². The molecule has 0 bridgehead atoms. The lowest BCUT2D eigenvalue weighted by Crippen LogP contribution is -2.27. The molecule has 0 saturated carbocycles. The summed E-state index contributed by atoms with van der Waals surface area (Å²) in [6.45, 7) is 0. The van der Waals surface area contributed by atoms with Crippen LogP contribution in [0.5, 0.6) is 0 Å². The minimum Gasteiger partial charge on any atom is -0.341 e. The highest BCUT2D eigenvalue weighted by atomic mass is 32.2. The zero-order valence-corrected chi connectivity index (χ0v) is 34.9. The van der Waals surface area contributed by atoms with Crippen LogP contribution in [0.2, 0.25) is 0 Å². The molecule has 0 aliphatic heterocycles. The molecule has 0 amide bonds. The van der Waals surface area contributed by atoms with E-state index in [1.54, 1.807) is 48.5 Å². The van der Waals surface area contributed by atoms with Crippen LogP contribution in [0.3, 0.4) is 0 Å². The number of nitrogens with one attached hydrogen (secondary N) is 5. The van der Waals surface area contributed by atoms with Crippen molar-refractivity contribution < 1.29 is 25.9 Å². The predicted molar refractivity (Wildman–Crippen MR) is 244 cm³/mol. The Balaban J connectivity index is 1.37. The molecule has 20 heteroatoms. The maximum absolute atomic E-state index is 13.1. The van der Waals surface area contributed by atoms with Crippen LogP contribution in [-0.2, 0) is 20.2 Å². The number of benzene rings is 6. The van der Waals surface area contributed by atoms with Gasteiger partial charge in [-0.1, -0.05) is 109 Å². The summed E-state index contributed by atoms with van der Waals surface area (Å²) in [6, 6.07) is 45.4. The number of nitrogens with zero attached hydrogens (tertiary/aromatic N) is 7. The van der Waals surface area contributed by atoms with Crippen LogP contribution in [0.25, 0.3) is 0 Å². The molecule has 0 fully saturated rings. The molecule has 1 atom stereocenters. The SMILES string of the molecule is O=S(=O)(O)c1ccccc1C(=Nc1nc(Nc2ccccc2)nc(Nc2ccccc2)n1)C(Nc1nc(Nc2ccccc2)nc(Nc2ccccc2)n1)c1ccccc1S(=O)(=O)O. The van der Waals surface area contributed by atoms with Gasteiger partial charge in [-0.15, -0.1) is 0 Å². The van der Waals surface area contributed by atoms with Crippen molar-refractivity contribution in [3.8, 4) is 0 Å². The molecule has 0 saturated heterocycles. The average molecular weight is 893 g/mol. The molecular formula is C44H36N12O6S2. The summed E-state index contributed by atoms with van der Waals surface area (Å²) in [5.41, 5.74) is 1.87. The van der Waals surface area contributed by atoms with Gasteiger partial charge in [-0.2, -0.15) is 46.7 Å². The van der Waals surface area contributed by atoms with Gasteiger partial charge in [0.05, 0.1) is 16.6 Å². The summed E-state index contributed by atoms with van der Waals surface area (Å²) >= 11 is 0. The molecule has 2 heterocycles. The van der Waals surface area contributed by atoms with E-state index < -0.39 is 36.1 Å². The Hall–Kier alpha value is -8.17. The molecule has 0 spiro atoms. The molecule has 0 radical (unpaired) electrons. The number of aliphatic imine (C=N–C) groups is 1. The molecule has 8 rings (SSSR count). The Morgan fingerprint density at radius 2 is 0.766 bits per heavy atom. The Morgan fingerprint density at radius 3 is 1.19 bits per heavy atom. The minimum atomic E-state index is -4.99. The third-order valence-electron chi connectivity index (χ3n) is 9.09. The van der Waals surface area contributed by atoms with Crippen molar-refractivity contribution in [3.05, 3.63) is 181 Å². The lowest BCUT2D eigenvalue weighted by molar-refractivity contribution is 0.479. The normalized spacial score (nSPS) is 12.2. The van der Waals surface area contributed by atoms with Gasteiger partial charge in [-0.05, 0) is 60.7 Å². The van der Waals surface area contributed by atoms with Crippen molar-refractivity contribution in [2.24, 2.45) is 4.99 Å². The summed E-state index contributed by atoms with van der Waals surface area (Å²) in [5.74, 6) is -0.328. The topological polar surface area (TPSA) is 259 Å². The van der Waals surface area contributed by atoms with Crippen LogP contribution >= 0.6 is 0 Å². The van der Waals surface area contributed by atoms with Gasteiger partial charge in [0.25, 0.3) is 26.2 Å². The second-order valence-electron chi connectivity index (χ2n) is 13.6. The Kier molecular flexibility index (Phi) is 12.5. The molecule has 2 aromatic heterocycles. The van der Waals surface area contributed by atoms with Crippen LogP contribution in [0, 0.1) is 0 Å². The predicted octanol–water partition coefficient (Wildman–Crippen LogP) is 8.50. The van der Waals surface area contributed by atoms with Gasteiger partial charge in [-0.3, -0.25) is 9.11 Å². The number of hydrogen-bond acceptors (Lipinski definition) is 16. The van der Waals surface area contributed by atoms with Crippen molar-refractivity contribution in [1.29, 1.82) is 0 Å². The molecule has 320 valence electrons. The standard InChI is InChI=1S/C44H36N12O6S2/c57-63(58,59)35-27-15-13-25-33(35)37(49-43-53-39(45-29-17-5-1-6-18-29)51-40(54-43)46-30-19-7-2-8-20-30)38(34-26-14-16-28-36(34)64(60,61)62)50-44-55-41(47-31-21-9-3-10-22-31)52-42(56-44)48-32-23-11-4-12-24-32/h1-28,37H,(H,57,58,59)(H,60,61,62)(H2,47,48,52,55,56)(H3,45,46,49,51,53,54). The van der Waals surface area contributed by atoms with E-state index in [0.29, 0.717) is 22.7 Å². The molecule has 7 N–H and O–H groups in total. The van der Waals surface area contributed by atoms with Crippen LogP contribution in [0.15, 0.2) is 185 Å². The third-order valence-corrected chi connectivity index (χ3v) is 10.9. The lowest BCUT2D eigenvalue weighted by Gasteiger charge is -2.24. The van der Waals surface area contributed by atoms with Gasteiger partial charge in [-0.25, -0.2) is 4.99 Å². The van der Waals surface area contributed by atoms with Crippen molar-refractivity contribution in [2.75, 3.05) is 26.6 Å². The maximum atomic E-state index is 13.1.